The molecule has 6 aliphatic rings. The van der Waals surface area contributed by atoms with Crippen LogP contribution in [-0.2, 0) is 54.1 Å². The van der Waals surface area contributed by atoms with E-state index >= 15 is 0 Å². The van der Waals surface area contributed by atoms with E-state index in [2.05, 4.69) is 52.0 Å². The highest BCUT2D eigenvalue weighted by Gasteiger charge is 2.57. The van der Waals surface area contributed by atoms with Gasteiger partial charge in [-0.2, -0.15) is 0 Å². The molecule has 12 nitrogen and oxygen atoms in total. The van der Waals surface area contributed by atoms with E-state index in [0.717, 1.165) is 39.3 Å². The molecule has 8 rings (SSSR count). The molecule has 2 aliphatic carbocycles. The largest absolute Gasteiger partial charge is 0.464 e. The molecule has 4 saturated heterocycles. The van der Waals surface area contributed by atoms with Crippen molar-refractivity contribution >= 4 is 0 Å². The molecule has 49 heavy (non-hydrogen) atoms. The molecule has 2 aromatic carbocycles. The van der Waals surface area contributed by atoms with Crippen LogP contribution in [0.5, 0.6) is 23.0 Å². The second-order valence-electron chi connectivity index (χ2n) is 15.2. The molecule has 4 heterocycles. The minimum absolute atomic E-state index is 0.0871. The summed E-state index contributed by atoms with van der Waals surface area (Å²) < 4.78 is 69.2. The highest BCUT2D eigenvalue weighted by Crippen LogP contribution is 2.65. The lowest BCUT2D eigenvalue weighted by molar-refractivity contribution is -0.00659. The maximum absolute atomic E-state index is 6.27. The Hall–Kier alpha value is -2.68. The van der Waals surface area contributed by atoms with Crippen molar-refractivity contribution in [1.82, 2.24) is 0 Å². The average molecular weight is 685 g/mol. The zero-order valence-electron chi connectivity index (χ0n) is 28.9. The highest BCUT2D eigenvalue weighted by atomic mass is 16.7. The summed E-state index contributed by atoms with van der Waals surface area (Å²) in [6, 6.07) is 8.58. The van der Waals surface area contributed by atoms with Gasteiger partial charge in [0, 0.05) is 5.41 Å². The molecule has 4 atom stereocenters. The van der Waals surface area contributed by atoms with Gasteiger partial charge in [0.05, 0.1) is 52.9 Å². The predicted molar refractivity (Wildman–Crippen MR) is 174 cm³/mol. The van der Waals surface area contributed by atoms with Crippen molar-refractivity contribution in [2.45, 2.75) is 81.2 Å². The van der Waals surface area contributed by atoms with Gasteiger partial charge in [0.15, 0.2) is 50.2 Å². The van der Waals surface area contributed by atoms with Gasteiger partial charge in [-0.1, -0.05) is 27.7 Å². The van der Waals surface area contributed by atoms with Crippen LogP contribution in [0.4, 0.5) is 0 Å². The minimum Gasteiger partial charge on any atom is -0.464 e. The van der Waals surface area contributed by atoms with Crippen LogP contribution in [0.2, 0.25) is 0 Å². The van der Waals surface area contributed by atoms with Crippen LogP contribution in [0.25, 0.3) is 0 Å². The fourth-order valence-electron chi connectivity index (χ4n) is 7.57. The zero-order chi connectivity index (χ0) is 33.6. The Morgan fingerprint density at radius 3 is 1.00 bits per heavy atom. The summed E-state index contributed by atoms with van der Waals surface area (Å²) in [5.74, 6) is 2.50. The first-order valence-corrected chi connectivity index (χ1v) is 17.4. The van der Waals surface area contributed by atoms with Crippen molar-refractivity contribution in [2.24, 2.45) is 0 Å². The topological polar surface area (TPSA) is 124 Å². The van der Waals surface area contributed by atoms with E-state index in [1.165, 1.54) is 22.3 Å². The first-order valence-electron chi connectivity index (χ1n) is 17.4. The standard InChI is InChI=1S/C37H48O12/c1-35(2)17-37(29-7-33(48-21-40-11-25-15-44-25)31(5-27(29)35)46-19-38-9-23-13-42-23)18-36(3,4)28-6-32(47-20-39-10-24-14-43-24)34(8-30(28)37)49-22-41-12-26-16-45-26/h5-8,23-26H,9-22H2,1-4H3. The van der Waals surface area contributed by atoms with Gasteiger partial charge >= 0.3 is 0 Å². The quantitative estimate of drug-likeness (QED) is 0.112. The SMILES string of the molecule is CC1(C)CC2(CC(C)(C)c3cc(OCOCC4CO4)c(OCOCC4CO4)cc32)c2cc(OCOCC3CO3)c(OCOCC3CO3)cc21. The third-order valence-electron chi connectivity index (χ3n) is 10.2. The maximum Gasteiger partial charge on any atom is 0.189 e. The first-order chi connectivity index (χ1) is 23.7. The smallest absolute Gasteiger partial charge is 0.189 e. The third-order valence-corrected chi connectivity index (χ3v) is 10.2. The molecule has 1 spiro atoms. The van der Waals surface area contributed by atoms with Crippen molar-refractivity contribution in [3.63, 3.8) is 0 Å². The summed E-state index contributed by atoms with van der Waals surface area (Å²) in [5, 5.41) is 0. The zero-order valence-corrected chi connectivity index (χ0v) is 28.9. The predicted octanol–water partition coefficient (Wildman–Crippen LogP) is 4.34. The fraction of sp³-hybridized carbons (Fsp3) is 0.676. The molecule has 0 saturated carbocycles. The summed E-state index contributed by atoms with van der Waals surface area (Å²) in [7, 11) is 0. The van der Waals surface area contributed by atoms with Gasteiger partial charge in [-0.15, -0.1) is 0 Å². The summed E-state index contributed by atoms with van der Waals surface area (Å²) in [4.78, 5) is 0. The van der Waals surface area contributed by atoms with Crippen molar-refractivity contribution < 1.29 is 56.8 Å². The van der Waals surface area contributed by atoms with Gasteiger partial charge in [-0.25, -0.2) is 0 Å². The normalized spacial score (nSPS) is 29.0. The second-order valence-corrected chi connectivity index (χ2v) is 15.2. The Balaban J connectivity index is 1.11. The van der Waals surface area contributed by atoms with Crippen molar-refractivity contribution in [3.05, 3.63) is 46.5 Å². The Labute approximate surface area is 287 Å². The molecule has 4 aliphatic heterocycles. The number of ether oxygens (including phenoxy) is 12. The fourth-order valence-corrected chi connectivity index (χ4v) is 7.57. The van der Waals surface area contributed by atoms with Crippen LogP contribution in [-0.4, -0.2) is 104 Å². The first kappa shape index (κ1) is 33.5. The number of hydrogen-bond acceptors (Lipinski definition) is 12. The number of fused-ring (bicyclic) bond motifs is 4. The molecule has 0 N–H and O–H groups in total. The van der Waals surface area contributed by atoms with E-state index in [4.69, 9.17) is 56.8 Å². The summed E-state index contributed by atoms with van der Waals surface area (Å²) in [6.45, 7) is 14.5. The van der Waals surface area contributed by atoms with Gasteiger partial charge in [0.1, 0.15) is 24.4 Å². The van der Waals surface area contributed by atoms with Crippen LogP contribution in [0, 0.1) is 0 Å². The van der Waals surface area contributed by atoms with E-state index in [0.29, 0.717) is 49.4 Å². The lowest BCUT2D eigenvalue weighted by Crippen LogP contribution is -2.27. The second kappa shape index (κ2) is 13.5. The Morgan fingerprint density at radius 1 is 0.469 bits per heavy atom. The van der Waals surface area contributed by atoms with E-state index in [1.807, 2.05) is 0 Å². The molecule has 4 unspecified atom stereocenters. The molecule has 2 aromatic rings. The van der Waals surface area contributed by atoms with Crippen molar-refractivity contribution in [2.75, 3.05) is 80.0 Å². The summed E-state index contributed by atoms with van der Waals surface area (Å²) in [5.41, 5.74) is 4.27. The maximum atomic E-state index is 6.27. The molecular weight excluding hydrogens is 636 g/mol. The van der Waals surface area contributed by atoms with E-state index in [1.54, 1.807) is 0 Å². The molecule has 0 amide bonds. The van der Waals surface area contributed by atoms with Gasteiger partial charge < -0.3 is 56.8 Å². The van der Waals surface area contributed by atoms with Crippen molar-refractivity contribution in [3.8, 4) is 23.0 Å². The van der Waals surface area contributed by atoms with Gasteiger partial charge in [0.25, 0.3) is 0 Å². The van der Waals surface area contributed by atoms with Crippen LogP contribution in [0.3, 0.4) is 0 Å². The van der Waals surface area contributed by atoms with Crippen LogP contribution in [0.15, 0.2) is 24.3 Å². The lowest BCUT2D eigenvalue weighted by Gasteiger charge is -2.31. The molecule has 0 bridgehead atoms. The Bertz CT molecular complexity index is 1380. The number of epoxide rings is 4. The molecular formula is C37H48O12. The molecule has 12 heteroatoms. The average Bonchev–Trinajstić information content (AvgIpc) is 3.89. The minimum atomic E-state index is -0.310. The van der Waals surface area contributed by atoms with Crippen LogP contribution >= 0.6 is 0 Å². The van der Waals surface area contributed by atoms with Gasteiger partial charge in [-0.3, -0.25) is 0 Å². The molecule has 0 aromatic heterocycles. The lowest BCUT2D eigenvalue weighted by atomic mass is 9.72. The van der Waals surface area contributed by atoms with Crippen molar-refractivity contribution in [1.29, 1.82) is 0 Å². The van der Waals surface area contributed by atoms with Gasteiger partial charge in [-0.05, 0) is 70.2 Å². The van der Waals surface area contributed by atoms with Crippen LogP contribution < -0.4 is 18.9 Å². The van der Waals surface area contributed by atoms with Crippen LogP contribution in [0.1, 0.15) is 62.8 Å². The number of hydrogen-bond donors (Lipinski definition) is 0. The van der Waals surface area contributed by atoms with E-state index in [9.17, 15) is 0 Å². The summed E-state index contributed by atoms with van der Waals surface area (Å²) in [6.07, 6.45) is 2.42. The number of rotatable bonds is 20. The molecule has 0 radical (unpaired) electrons. The molecule has 4 fully saturated rings. The van der Waals surface area contributed by atoms with E-state index < -0.39 is 0 Å². The molecule has 268 valence electrons. The highest BCUT2D eigenvalue weighted by molar-refractivity contribution is 5.65. The monoisotopic (exact) mass is 684 g/mol. The van der Waals surface area contributed by atoms with Gasteiger partial charge in [0.2, 0.25) is 0 Å². The van der Waals surface area contributed by atoms with E-state index in [-0.39, 0.29) is 67.8 Å². The third kappa shape index (κ3) is 7.67. The summed E-state index contributed by atoms with van der Waals surface area (Å²) >= 11 is 0. The number of benzene rings is 2. The Morgan fingerprint density at radius 2 is 0.735 bits per heavy atom. The Kier molecular flexibility index (Phi) is 9.19.